The molecule has 1 heterocycles. The van der Waals surface area contributed by atoms with Crippen LogP contribution in [0.3, 0.4) is 0 Å². The first-order valence-electron chi connectivity index (χ1n) is 5.41. The SMILES string of the molecule is COc1ccc(OC)c(-c2noc(CC(=O)O)n2)c1. The van der Waals surface area contributed by atoms with Crippen molar-refractivity contribution in [3.8, 4) is 22.9 Å². The van der Waals surface area contributed by atoms with E-state index in [1.54, 1.807) is 18.2 Å². The van der Waals surface area contributed by atoms with E-state index in [1.807, 2.05) is 0 Å². The molecule has 19 heavy (non-hydrogen) atoms. The van der Waals surface area contributed by atoms with E-state index in [0.717, 1.165) is 0 Å². The van der Waals surface area contributed by atoms with Gasteiger partial charge in [-0.3, -0.25) is 4.79 Å². The molecule has 0 saturated heterocycles. The van der Waals surface area contributed by atoms with Gasteiger partial charge in [0.15, 0.2) is 0 Å². The van der Waals surface area contributed by atoms with Crippen molar-refractivity contribution in [2.24, 2.45) is 0 Å². The number of nitrogens with zero attached hydrogens (tertiary/aromatic N) is 2. The second-order valence-corrected chi connectivity index (χ2v) is 3.65. The molecule has 0 amide bonds. The van der Waals surface area contributed by atoms with Crippen molar-refractivity contribution in [1.82, 2.24) is 10.1 Å². The molecule has 2 aromatic rings. The minimum absolute atomic E-state index is 0.0346. The lowest BCUT2D eigenvalue weighted by Crippen LogP contribution is -2.00. The van der Waals surface area contributed by atoms with Gasteiger partial charge in [-0.1, -0.05) is 5.16 Å². The van der Waals surface area contributed by atoms with Gasteiger partial charge in [-0.2, -0.15) is 4.98 Å². The number of carbonyl (C=O) groups is 1. The van der Waals surface area contributed by atoms with Crippen molar-refractivity contribution in [2.75, 3.05) is 14.2 Å². The Balaban J connectivity index is 2.39. The molecule has 0 aliphatic carbocycles. The molecule has 1 aromatic heterocycles. The molecule has 0 radical (unpaired) electrons. The molecule has 2 rings (SSSR count). The van der Waals surface area contributed by atoms with Gasteiger partial charge in [0, 0.05) is 0 Å². The fraction of sp³-hybridized carbons (Fsp3) is 0.250. The molecule has 0 atom stereocenters. The van der Waals surface area contributed by atoms with E-state index >= 15 is 0 Å². The number of hydrogen-bond acceptors (Lipinski definition) is 6. The average Bonchev–Trinajstić information content (AvgIpc) is 2.85. The summed E-state index contributed by atoms with van der Waals surface area (Å²) >= 11 is 0. The maximum Gasteiger partial charge on any atom is 0.312 e. The molecular weight excluding hydrogens is 252 g/mol. The lowest BCUT2D eigenvalue weighted by atomic mass is 10.2. The number of carboxylic acids is 1. The van der Waals surface area contributed by atoms with E-state index in [1.165, 1.54) is 14.2 Å². The summed E-state index contributed by atoms with van der Waals surface area (Å²) in [5, 5.41) is 12.4. The number of methoxy groups -OCH3 is 2. The molecule has 100 valence electrons. The van der Waals surface area contributed by atoms with Gasteiger partial charge < -0.3 is 19.1 Å². The molecule has 0 aliphatic heterocycles. The zero-order chi connectivity index (χ0) is 13.8. The summed E-state index contributed by atoms with van der Waals surface area (Å²) in [6.07, 6.45) is -0.320. The molecular formula is C12H12N2O5. The topological polar surface area (TPSA) is 94.7 Å². The molecule has 7 nitrogen and oxygen atoms in total. The Hall–Kier alpha value is -2.57. The molecule has 0 fully saturated rings. The van der Waals surface area contributed by atoms with E-state index in [9.17, 15) is 4.79 Å². The summed E-state index contributed by atoms with van der Waals surface area (Å²) in [4.78, 5) is 14.6. The van der Waals surface area contributed by atoms with Gasteiger partial charge in [-0.05, 0) is 18.2 Å². The Labute approximate surface area is 108 Å². The lowest BCUT2D eigenvalue weighted by molar-refractivity contribution is -0.136. The first kappa shape index (κ1) is 12.9. The van der Waals surface area contributed by atoms with E-state index in [-0.39, 0.29) is 18.1 Å². The highest BCUT2D eigenvalue weighted by Gasteiger charge is 2.16. The van der Waals surface area contributed by atoms with Crippen LogP contribution in [-0.4, -0.2) is 35.4 Å². The Kier molecular flexibility index (Phi) is 3.65. The maximum absolute atomic E-state index is 10.6. The summed E-state index contributed by atoms with van der Waals surface area (Å²) in [6.45, 7) is 0. The zero-order valence-electron chi connectivity index (χ0n) is 10.4. The van der Waals surface area contributed by atoms with Crippen LogP contribution in [0.4, 0.5) is 0 Å². The summed E-state index contributed by atoms with van der Waals surface area (Å²) in [5.74, 6) is 0.413. The number of aliphatic carboxylic acids is 1. The third-order valence-corrected chi connectivity index (χ3v) is 2.42. The molecule has 0 aliphatic rings. The van der Waals surface area contributed by atoms with Crippen molar-refractivity contribution in [2.45, 2.75) is 6.42 Å². The fourth-order valence-electron chi connectivity index (χ4n) is 1.55. The van der Waals surface area contributed by atoms with Crippen molar-refractivity contribution in [3.63, 3.8) is 0 Å². The van der Waals surface area contributed by atoms with Gasteiger partial charge >= 0.3 is 5.97 Å². The maximum atomic E-state index is 10.6. The molecule has 0 saturated carbocycles. The quantitative estimate of drug-likeness (QED) is 0.871. The number of hydrogen-bond donors (Lipinski definition) is 1. The largest absolute Gasteiger partial charge is 0.497 e. The molecule has 0 spiro atoms. The van der Waals surface area contributed by atoms with E-state index in [2.05, 4.69) is 10.1 Å². The van der Waals surface area contributed by atoms with Crippen LogP contribution in [0.15, 0.2) is 22.7 Å². The van der Waals surface area contributed by atoms with Crippen LogP contribution in [0.25, 0.3) is 11.4 Å². The predicted molar refractivity (Wildman–Crippen MR) is 64.2 cm³/mol. The molecule has 0 unspecified atom stereocenters. The summed E-state index contributed by atoms with van der Waals surface area (Å²) in [6, 6.07) is 5.14. The highest BCUT2D eigenvalue weighted by molar-refractivity contribution is 5.69. The van der Waals surface area contributed by atoms with Crippen LogP contribution in [-0.2, 0) is 11.2 Å². The Morgan fingerprint density at radius 2 is 2.16 bits per heavy atom. The van der Waals surface area contributed by atoms with Gasteiger partial charge in [0.2, 0.25) is 11.7 Å². The minimum Gasteiger partial charge on any atom is -0.497 e. The second kappa shape index (κ2) is 5.38. The van der Waals surface area contributed by atoms with Gasteiger partial charge in [-0.25, -0.2) is 0 Å². The van der Waals surface area contributed by atoms with E-state index < -0.39 is 5.97 Å². The lowest BCUT2D eigenvalue weighted by Gasteiger charge is -2.06. The van der Waals surface area contributed by atoms with Crippen LogP contribution in [0, 0.1) is 0 Å². The highest BCUT2D eigenvalue weighted by atomic mass is 16.5. The number of rotatable bonds is 5. The fourth-order valence-corrected chi connectivity index (χ4v) is 1.55. The number of carboxylic acid groups (broad SMARTS) is 1. The van der Waals surface area contributed by atoms with Crippen LogP contribution < -0.4 is 9.47 Å². The number of aromatic nitrogens is 2. The predicted octanol–water partition coefficient (Wildman–Crippen LogP) is 1.38. The molecule has 0 bridgehead atoms. The molecule has 7 heteroatoms. The molecule has 1 N–H and O–H groups in total. The van der Waals surface area contributed by atoms with Crippen molar-refractivity contribution < 1.29 is 23.9 Å². The smallest absolute Gasteiger partial charge is 0.312 e. The average molecular weight is 264 g/mol. The number of benzene rings is 1. The standard InChI is InChI=1S/C12H12N2O5/c1-17-7-3-4-9(18-2)8(5-7)12-13-10(19-14-12)6-11(15)16/h3-5H,6H2,1-2H3,(H,15,16). The van der Waals surface area contributed by atoms with Gasteiger partial charge in [0.05, 0.1) is 19.8 Å². The minimum atomic E-state index is -1.03. The first-order valence-corrected chi connectivity index (χ1v) is 5.41. The second-order valence-electron chi connectivity index (χ2n) is 3.65. The van der Waals surface area contributed by atoms with Crippen LogP contribution in [0.5, 0.6) is 11.5 Å². The van der Waals surface area contributed by atoms with Crippen molar-refractivity contribution >= 4 is 5.97 Å². The molecule has 1 aromatic carbocycles. The van der Waals surface area contributed by atoms with Gasteiger partial charge in [0.25, 0.3) is 0 Å². The van der Waals surface area contributed by atoms with Crippen molar-refractivity contribution in [3.05, 3.63) is 24.1 Å². The third kappa shape index (κ3) is 2.82. The first-order chi connectivity index (χ1) is 9.13. The van der Waals surface area contributed by atoms with Crippen LogP contribution in [0.2, 0.25) is 0 Å². The number of ether oxygens (including phenoxy) is 2. The monoisotopic (exact) mass is 264 g/mol. The Morgan fingerprint density at radius 1 is 1.37 bits per heavy atom. The summed E-state index contributed by atoms with van der Waals surface area (Å²) in [7, 11) is 3.06. The van der Waals surface area contributed by atoms with E-state index in [0.29, 0.717) is 17.1 Å². The van der Waals surface area contributed by atoms with E-state index in [4.69, 9.17) is 19.1 Å². The van der Waals surface area contributed by atoms with Crippen molar-refractivity contribution in [1.29, 1.82) is 0 Å². The Morgan fingerprint density at radius 3 is 2.79 bits per heavy atom. The Bertz CT molecular complexity index is 594. The summed E-state index contributed by atoms with van der Waals surface area (Å²) < 4.78 is 15.2. The third-order valence-electron chi connectivity index (χ3n) is 2.42. The summed E-state index contributed by atoms with van der Waals surface area (Å²) in [5.41, 5.74) is 0.572. The normalized spacial score (nSPS) is 10.2. The zero-order valence-corrected chi connectivity index (χ0v) is 10.4. The van der Waals surface area contributed by atoms with Gasteiger partial charge in [0.1, 0.15) is 17.9 Å². The van der Waals surface area contributed by atoms with Gasteiger partial charge in [-0.15, -0.1) is 0 Å². The van der Waals surface area contributed by atoms with Crippen LogP contribution >= 0.6 is 0 Å². The highest BCUT2D eigenvalue weighted by Crippen LogP contribution is 2.31. The van der Waals surface area contributed by atoms with Crippen LogP contribution in [0.1, 0.15) is 5.89 Å².